The van der Waals surface area contributed by atoms with Gasteiger partial charge >= 0.3 is 0 Å². The van der Waals surface area contributed by atoms with Crippen LogP contribution in [0.15, 0.2) is 35.3 Å². The average molecular weight is 217 g/mol. The molecule has 0 unspecified atom stereocenters. The maximum atomic E-state index is 11.5. The summed E-state index contributed by atoms with van der Waals surface area (Å²) in [5, 5.41) is 12.3. The molecule has 2 rings (SSSR count). The molecular formula is C11H11N3O2. The van der Waals surface area contributed by atoms with E-state index in [9.17, 15) is 9.90 Å². The van der Waals surface area contributed by atoms with Crippen molar-refractivity contribution >= 4 is 5.69 Å². The van der Waals surface area contributed by atoms with Crippen molar-refractivity contribution in [2.75, 3.05) is 12.4 Å². The zero-order valence-electron chi connectivity index (χ0n) is 8.69. The van der Waals surface area contributed by atoms with Crippen molar-refractivity contribution in [2.45, 2.75) is 0 Å². The summed E-state index contributed by atoms with van der Waals surface area (Å²) in [6, 6.07) is 6.70. The van der Waals surface area contributed by atoms with Gasteiger partial charge in [-0.1, -0.05) is 12.1 Å². The predicted octanol–water partition coefficient (Wildman–Crippen LogP) is 1.18. The highest BCUT2D eigenvalue weighted by atomic mass is 16.3. The molecule has 1 heterocycles. The van der Waals surface area contributed by atoms with Gasteiger partial charge in [0.1, 0.15) is 17.3 Å². The van der Waals surface area contributed by atoms with Crippen molar-refractivity contribution in [1.29, 1.82) is 0 Å². The molecule has 16 heavy (non-hydrogen) atoms. The Morgan fingerprint density at radius 2 is 2.12 bits per heavy atom. The first kappa shape index (κ1) is 10.2. The summed E-state index contributed by atoms with van der Waals surface area (Å²) in [5.41, 5.74) is 0.622. The first-order valence-corrected chi connectivity index (χ1v) is 4.78. The molecule has 82 valence electrons. The van der Waals surface area contributed by atoms with Crippen LogP contribution in [0.1, 0.15) is 0 Å². The average Bonchev–Trinajstić information content (AvgIpc) is 2.29. The van der Waals surface area contributed by atoms with E-state index in [4.69, 9.17) is 0 Å². The van der Waals surface area contributed by atoms with Crippen LogP contribution in [0.2, 0.25) is 0 Å². The van der Waals surface area contributed by atoms with Gasteiger partial charge in [0, 0.05) is 7.05 Å². The zero-order chi connectivity index (χ0) is 11.5. The number of H-pyrrole nitrogens is 1. The summed E-state index contributed by atoms with van der Waals surface area (Å²) in [6.07, 6.45) is 1.43. The Morgan fingerprint density at radius 1 is 1.38 bits per heavy atom. The lowest BCUT2D eigenvalue weighted by Gasteiger charge is -2.04. The normalized spacial score (nSPS) is 10.1. The highest BCUT2D eigenvalue weighted by molar-refractivity contribution is 5.63. The SMILES string of the molecule is CNc1cnc(-c2ccccc2O)[nH]c1=O. The van der Waals surface area contributed by atoms with Gasteiger partial charge in [-0.3, -0.25) is 4.79 Å². The molecule has 0 fully saturated rings. The second kappa shape index (κ2) is 4.06. The number of nitrogens with zero attached hydrogens (tertiary/aromatic N) is 1. The van der Waals surface area contributed by atoms with Crippen LogP contribution >= 0.6 is 0 Å². The number of phenols is 1. The molecule has 1 aromatic carbocycles. The standard InChI is InChI=1S/C11H11N3O2/c1-12-8-6-13-10(14-11(8)16)7-4-2-3-5-9(7)15/h2-6,12,15H,1H3,(H,13,14,16). The smallest absolute Gasteiger partial charge is 0.274 e. The van der Waals surface area contributed by atoms with Crippen molar-refractivity contribution in [3.05, 3.63) is 40.8 Å². The molecule has 0 radical (unpaired) electrons. The molecule has 1 aromatic heterocycles. The predicted molar refractivity (Wildman–Crippen MR) is 61.5 cm³/mol. The minimum absolute atomic E-state index is 0.0860. The molecule has 0 spiro atoms. The number of nitrogens with one attached hydrogen (secondary N) is 2. The van der Waals surface area contributed by atoms with E-state index in [1.807, 2.05) is 0 Å². The third-order valence-electron chi connectivity index (χ3n) is 2.23. The fourth-order valence-electron chi connectivity index (χ4n) is 1.38. The number of hydrogen-bond donors (Lipinski definition) is 3. The summed E-state index contributed by atoms with van der Waals surface area (Å²) in [4.78, 5) is 18.2. The van der Waals surface area contributed by atoms with E-state index in [0.717, 1.165) is 0 Å². The highest BCUT2D eigenvalue weighted by Crippen LogP contribution is 2.24. The second-order valence-corrected chi connectivity index (χ2v) is 3.24. The Labute approximate surface area is 91.8 Å². The highest BCUT2D eigenvalue weighted by Gasteiger charge is 2.06. The Morgan fingerprint density at radius 3 is 2.75 bits per heavy atom. The number of para-hydroxylation sites is 1. The molecule has 0 aliphatic heterocycles. The van der Waals surface area contributed by atoms with E-state index >= 15 is 0 Å². The van der Waals surface area contributed by atoms with Gasteiger partial charge in [-0.2, -0.15) is 0 Å². The first-order chi connectivity index (χ1) is 7.72. The van der Waals surface area contributed by atoms with E-state index in [-0.39, 0.29) is 11.3 Å². The topological polar surface area (TPSA) is 78.0 Å². The largest absolute Gasteiger partial charge is 0.507 e. The molecule has 2 aromatic rings. The minimum Gasteiger partial charge on any atom is -0.507 e. The van der Waals surface area contributed by atoms with Gasteiger partial charge in [0.15, 0.2) is 0 Å². The molecule has 5 heteroatoms. The molecule has 0 atom stereocenters. The molecule has 5 nitrogen and oxygen atoms in total. The summed E-state index contributed by atoms with van der Waals surface area (Å²) >= 11 is 0. The third kappa shape index (κ3) is 1.75. The molecule has 0 bridgehead atoms. The maximum absolute atomic E-state index is 11.5. The molecule has 0 saturated carbocycles. The van der Waals surface area contributed by atoms with Gasteiger partial charge in [0.2, 0.25) is 0 Å². The lowest BCUT2D eigenvalue weighted by atomic mass is 10.2. The summed E-state index contributed by atoms with van der Waals surface area (Å²) in [6.45, 7) is 0. The van der Waals surface area contributed by atoms with E-state index in [1.165, 1.54) is 6.20 Å². The number of benzene rings is 1. The van der Waals surface area contributed by atoms with E-state index in [1.54, 1.807) is 31.3 Å². The van der Waals surface area contributed by atoms with Gasteiger partial charge in [-0.25, -0.2) is 4.98 Å². The summed E-state index contributed by atoms with van der Waals surface area (Å²) in [7, 11) is 1.64. The Hall–Kier alpha value is -2.30. The molecule has 0 aliphatic carbocycles. The second-order valence-electron chi connectivity index (χ2n) is 3.24. The van der Waals surface area contributed by atoms with Gasteiger partial charge in [-0.15, -0.1) is 0 Å². The molecule has 0 aliphatic rings. The maximum Gasteiger partial charge on any atom is 0.274 e. The number of anilines is 1. The van der Waals surface area contributed by atoms with Crippen molar-refractivity contribution in [3.8, 4) is 17.1 Å². The third-order valence-corrected chi connectivity index (χ3v) is 2.23. The van der Waals surface area contributed by atoms with E-state index < -0.39 is 0 Å². The summed E-state index contributed by atoms with van der Waals surface area (Å²) < 4.78 is 0. The van der Waals surface area contributed by atoms with Crippen molar-refractivity contribution in [3.63, 3.8) is 0 Å². The molecule has 0 amide bonds. The summed E-state index contributed by atoms with van der Waals surface area (Å²) in [5.74, 6) is 0.435. The molecule has 3 N–H and O–H groups in total. The van der Waals surface area contributed by atoms with E-state index in [0.29, 0.717) is 17.1 Å². The van der Waals surface area contributed by atoms with Crippen LogP contribution in [-0.2, 0) is 0 Å². The lowest BCUT2D eigenvalue weighted by molar-refractivity contribution is 0.477. The Balaban J connectivity index is 2.54. The van der Waals surface area contributed by atoms with Crippen LogP contribution in [0.3, 0.4) is 0 Å². The van der Waals surface area contributed by atoms with Crippen LogP contribution in [-0.4, -0.2) is 22.1 Å². The van der Waals surface area contributed by atoms with Crippen LogP contribution in [0, 0.1) is 0 Å². The van der Waals surface area contributed by atoms with Gasteiger partial charge in [0.25, 0.3) is 5.56 Å². The van der Waals surface area contributed by atoms with Crippen molar-refractivity contribution < 1.29 is 5.11 Å². The number of aromatic nitrogens is 2. The minimum atomic E-state index is -0.268. The van der Waals surface area contributed by atoms with Crippen molar-refractivity contribution in [2.24, 2.45) is 0 Å². The van der Waals surface area contributed by atoms with Crippen LogP contribution in [0.4, 0.5) is 5.69 Å². The first-order valence-electron chi connectivity index (χ1n) is 4.78. The van der Waals surface area contributed by atoms with Crippen LogP contribution in [0.25, 0.3) is 11.4 Å². The molecule has 0 saturated heterocycles. The monoisotopic (exact) mass is 217 g/mol. The van der Waals surface area contributed by atoms with Crippen LogP contribution in [0.5, 0.6) is 5.75 Å². The number of aromatic amines is 1. The van der Waals surface area contributed by atoms with Crippen LogP contribution < -0.4 is 10.9 Å². The van der Waals surface area contributed by atoms with E-state index in [2.05, 4.69) is 15.3 Å². The Kier molecular flexibility index (Phi) is 2.59. The quantitative estimate of drug-likeness (QED) is 0.706. The zero-order valence-corrected chi connectivity index (χ0v) is 8.69. The number of hydrogen-bond acceptors (Lipinski definition) is 4. The fourth-order valence-corrected chi connectivity index (χ4v) is 1.38. The van der Waals surface area contributed by atoms with Gasteiger partial charge in [0.05, 0.1) is 11.8 Å². The molecular weight excluding hydrogens is 206 g/mol. The van der Waals surface area contributed by atoms with Gasteiger partial charge in [-0.05, 0) is 12.1 Å². The number of aromatic hydroxyl groups is 1. The fraction of sp³-hybridized carbons (Fsp3) is 0.0909. The van der Waals surface area contributed by atoms with Crippen molar-refractivity contribution in [1.82, 2.24) is 9.97 Å². The van der Waals surface area contributed by atoms with Gasteiger partial charge < -0.3 is 15.4 Å². The lowest BCUT2D eigenvalue weighted by Crippen LogP contribution is -2.13. The number of phenolic OH excluding ortho intramolecular Hbond substituents is 1. The number of rotatable bonds is 2. The Bertz CT molecular complexity index is 563.